The first-order chi connectivity index (χ1) is 10.5. The van der Waals surface area contributed by atoms with Crippen molar-refractivity contribution in [3.8, 4) is 0 Å². The number of nitrogen functional groups attached to an aromatic ring is 1. The van der Waals surface area contributed by atoms with Gasteiger partial charge >= 0.3 is 0 Å². The molecule has 2 aromatic heterocycles. The van der Waals surface area contributed by atoms with E-state index in [4.69, 9.17) is 5.73 Å². The summed E-state index contributed by atoms with van der Waals surface area (Å²) in [7, 11) is 0. The van der Waals surface area contributed by atoms with Crippen molar-refractivity contribution in [3.05, 3.63) is 29.6 Å². The molecule has 7 nitrogen and oxygen atoms in total. The van der Waals surface area contributed by atoms with Gasteiger partial charge in [0.1, 0.15) is 17.2 Å². The number of aromatic nitrogens is 4. The molecule has 0 fully saturated rings. The van der Waals surface area contributed by atoms with E-state index in [0.29, 0.717) is 23.6 Å². The molecule has 23 heavy (non-hydrogen) atoms. The van der Waals surface area contributed by atoms with Crippen LogP contribution in [0.1, 0.15) is 61.4 Å². The molecule has 0 aromatic carbocycles. The SMILES string of the molecule is CC(C)(C)C(=O)c1cnc(CC(C)(C)C(=O)c2cnc(N)[nH]2)[nH]1. The fraction of sp³-hybridized carbons (Fsp3) is 0.500. The summed E-state index contributed by atoms with van der Waals surface area (Å²) in [4.78, 5) is 38.6. The minimum Gasteiger partial charge on any atom is -0.369 e. The predicted octanol–water partition coefficient (Wildman–Crippen LogP) is 2.40. The molecule has 7 heteroatoms. The number of ketones is 2. The monoisotopic (exact) mass is 317 g/mol. The normalized spacial score (nSPS) is 12.4. The summed E-state index contributed by atoms with van der Waals surface area (Å²) in [5.41, 5.74) is 5.15. The number of carbonyl (C=O) groups is 2. The number of hydrogen-bond acceptors (Lipinski definition) is 5. The van der Waals surface area contributed by atoms with Crippen LogP contribution in [0.15, 0.2) is 12.4 Å². The van der Waals surface area contributed by atoms with Crippen molar-refractivity contribution in [2.24, 2.45) is 10.8 Å². The number of imidazole rings is 2. The van der Waals surface area contributed by atoms with Crippen LogP contribution in [-0.2, 0) is 6.42 Å². The lowest BCUT2D eigenvalue weighted by atomic mass is 9.83. The maximum absolute atomic E-state index is 12.5. The highest BCUT2D eigenvalue weighted by atomic mass is 16.1. The third kappa shape index (κ3) is 3.67. The Labute approximate surface area is 135 Å². The Morgan fingerprint density at radius 2 is 1.57 bits per heavy atom. The van der Waals surface area contributed by atoms with Gasteiger partial charge in [-0.1, -0.05) is 34.6 Å². The fourth-order valence-electron chi connectivity index (χ4n) is 2.29. The molecule has 124 valence electrons. The average Bonchev–Trinajstić information content (AvgIpc) is 3.04. The van der Waals surface area contributed by atoms with Gasteiger partial charge in [0.05, 0.1) is 12.4 Å². The number of nitrogens with zero attached hydrogens (tertiary/aromatic N) is 2. The number of nitrogens with one attached hydrogen (secondary N) is 2. The van der Waals surface area contributed by atoms with E-state index in [1.807, 2.05) is 34.6 Å². The summed E-state index contributed by atoms with van der Waals surface area (Å²) < 4.78 is 0. The predicted molar refractivity (Wildman–Crippen MR) is 87.2 cm³/mol. The minimum atomic E-state index is -0.709. The Bertz CT molecular complexity index is 734. The molecule has 2 heterocycles. The summed E-state index contributed by atoms with van der Waals surface area (Å²) in [5.74, 6) is 0.687. The zero-order valence-corrected chi connectivity index (χ0v) is 14.2. The zero-order valence-electron chi connectivity index (χ0n) is 14.2. The number of aromatic amines is 2. The number of carbonyl (C=O) groups excluding carboxylic acids is 2. The van der Waals surface area contributed by atoms with Crippen LogP contribution in [0, 0.1) is 10.8 Å². The number of Topliss-reactive ketones (excluding diaryl/α,β-unsaturated/α-hetero) is 2. The van der Waals surface area contributed by atoms with Crippen LogP contribution < -0.4 is 5.73 Å². The van der Waals surface area contributed by atoms with Crippen molar-refractivity contribution in [1.82, 2.24) is 19.9 Å². The van der Waals surface area contributed by atoms with Crippen LogP contribution in [0.5, 0.6) is 0 Å². The van der Waals surface area contributed by atoms with Crippen molar-refractivity contribution >= 4 is 17.5 Å². The second kappa shape index (κ2) is 5.64. The topological polar surface area (TPSA) is 118 Å². The van der Waals surface area contributed by atoms with Gasteiger partial charge in [-0.2, -0.15) is 0 Å². The van der Waals surface area contributed by atoms with Gasteiger partial charge in [-0.3, -0.25) is 9.59 Å². The van der Waals surface area contributed by atoms with Gasteiger partial charge in [-0.15, -0.1) is 0 Å². The summed E-state index contributed by atoms with van der Waals surface area (Å²) in [5, 5.41) is 0. The second-order valence-electron chi connectivity index (χ2n) is 7.39. The highest BCUT2D eigenvalue weighted by Gasteiger charge is 2.32. The smallest absolute Gasteiger partial charge is 0.197 e. The molecule has 0 aliphatic heterocycles. The van der Waals surface area contributed by atoms with E-state index in [9.17, 15) is 9.59 Å². The van der Waals surface area contributed by atoms with Crippen LogP contribution in [0.25, 0.3) is 0 Å². The van der Waals surface area contributed by atoms with Crippen LogP contribution in [0.3, 0.4) is 0 Å². The quantitative estimate of drug-likeness (QED) is 0.732. The Morgan fingerprint density at radius 3 is 2.09 bits per heavy atom. The Hall–Kier alpha value is -2.44. The van der Waals surface area contributed by atoms with Crippen LogP contribution >= 0.6 is 0 Å². The molecule has 0 saturated heterocycles. The zero-order chi connectivity index (χ0) is 17.4. The summed E-state index contributed by atoms with van der Waals surface area (Å²) in [6.07, 6.45) is 3.33. The van der Waals surface area contributed by atoms with Gasteiger partial charge in [-0.25, -0.2) is 9.97 Å². The maximum Gasteiger partial charge on any atom is 0.197 e. The maximum atomic E-state index is 12.5. The molecule has 0 radical (unpaired) electrons. The van der Waals surface area contributed by atoms with E-state index < -0.39 is 10.8 Å². The molecule has 0 spiro atoms. The Kier molecular flexibility index (Phi) is 4.15. The molecule has 0 saturated carbocycles. The van der Waals surface area contributed by atoms with Gasteiger partial charge in [-0.05, 0) is 0 Å². The largest absolute Gasteiger partial charge is 0.369 e. The van der Waals surface area contributed by atoms with Crippen molar-refractivity contribution in [3.63, 3.8) is 0 Å². The molecular formula is C16H23N5O2. The van der Waals surface area contributed by atoms with E-state index in [2.05, 4.69) is 19.9 Å². The first-order valence-electron chi connectivity index (χ1n) is 7.44. The minimum absolute atomic E-state index is 0.0123. The lowest BCUT2D eigenvalue weighted by molar-refractivity contribution is 0.0830. The van der Waals surface area contributed by atoms with Gasteiger partial charge in [0, 0.05) is 17.3 Å². The van der Waals surface area contributed by atoms with E-state index in [-0.39, 0.29) is 17.5 Å². The second-order valence-corrected chi connectivity index (χ2v) is 7.39. The lowest BCUT2D eigenvalue weighted by Crippen LogP contribution is -2.28. The van der Waals surface area contributed by atoms with Crippen molar-refractivity contribution in [1.29, 1.82) is 0 Å². The molecule has 0 atom stereocenters. The third-order valence-electron chi connectivity index (χ3n) is 3.62. The molecule has 0 bridgehead atoms. The van der Waals surface area contributed by atoms with Crippen molar-refractivity contribution < 1.29 is 9.59 Å². The van der Waals surface area contributed by atoms with E-state index in [1.54, 1.807) is 0 Å². The molecule has 0 unspecified atom stereocenters. The summed E-state index contributed by atoms with van der Waals surface area (Å²) in [6, 6.07) is 0. The standard InChI is InChI=1S/C16H23N5O2/c1-15(2,3)12(22)9-7-18-11(20-9)6-16(4,5)13(23)10-8-19-14(17)21-10/h7-8H,6H2,1-5H3,(H,18,20)(H3,17,19,21). The molecule has 4 N–H and O–H groups in total. The number of H-pyrrole nitrogens is 2. The average molecular weight is 317 g/mol. The van der Waals surface area contributed by atoms with Crippen LogP contribution in [-0.4, -0.2) is 31.5 Å². The molecular weight excluding hydrogens is 294 g/mol. The van der Waals surface area contributed by atoms with E-state index >= 15 is 0 Å². The Morgan fingerprint density at radius 1 is 1.00 bits per heavy atom. The molecule has 0 amide bonds. The van der Waals surface area contributed by atoms with Gasteiger partial charge < -0.3 is 15.7 Å². The molecule has 2 aromatic rings. The number of nitrogens with two attached hydrogens (primary N) is 1. The Balaban J connectivity index is 2.16. The van der Waals surface area contributed by atoms with Gasteiger partial charge in [0.15, 0.2) is 17.5 Å². The number of anilines is 1. The molecule has 2 rings (SSSR count). The summed E-state index contributed by atoms with van der Waals surface area (Å²) >= 11 is 0. The fourth-order valence-corrected chi connectivity index (χ4v) is 2.29. The first-order valence-corrected chi connectivity index (χ1v) is 7.44. The summed E-state index contributed by atoms with van der Waals surface area (Å²) in [6.45, 7) is 9.20. The van der Waals surface area contributed by atoms with Gasteiger partial charge in [0.2, 0.25) is 0 Å². The highest BCUT2D eigenvalue weighted by molar-refractivity contribution is 5.99. The molecule has 0 aliphatic rings. The van der Waals surface area contributed by atoms with Crippen LogP contribution in [0.2, 0.25) is 0 Å². The van der Waals surface area contributed by atoms with Crippen molar-refractivity contribution in [2.75, 3.05) is 5.73 Å². The molecule has 0 aliphatic carbocycles. The number of hydrogen-bond donors (Lipinski definition) is 3. The van der Waals surface area contributed by atoms with Crippen LogP contribution in [0.4, 0.5) is 5.95 Å². The van der Waals surface area contributed by atoms with Crippen molar-refractivity contribution in [2.45, 2.75) is 41.0 Å². The first kappa shape index (κ1) is 16.9. The van der Waals surface area contributed by atoms with Gasteiger partial charge in [0.25, 0.3) is 0 Å². The van der Waals surface area contributed by atoms with E-state index in [0.717, 1.165) is 0 Å². The third-order valence-corrected chi connectivity index (χ3v) is 3.62. The number of rotatable bonds is 5. The van der Waals surface area contributed by atoms with E-state index in [1.165, 1.54) is 12.4 Å². The lowest BCUT2D eigenvalue weighted by Gasteiger charge is -2.21. The highest BCUT2D eigenvalue weighted by Crippen LogP contribution is 2.26.